The summed E-state index contributed by atoms with van der Waals surface area (Å²) in [7, 11) is 1.25. The second-order valence-corrected chi connectivity index (χ2v) is 5.56. The number of nitrogens with two attached hydrogens (primary N) is 1. The van der Waals surface area contributed by atoms with Gasteiger partial charge >= 0.3 is 5.97 Å². The summed E-state index contributed by atoms with van der Waals surface area (Å²) in [5, 5.41) is 5.13. The summed E-state index contributed by atoms with van der Waals surface area (Å²) in [5.41, 5.74) is 6.73. The fourth-order valence-electron chi connectivity index (χ4n) is 1.88. The van der Waals surface area contributed by atoms with E-state index in [4.69, 9.17) is 5.73 Å². The van der Waals surface area contributed by atoms with Crippen LogP contribution in [0, 0.1) is 5.92 Å². The molecule has 0 saturated carbocycles. The van der Waals surface area contributed by atoms with Crippen LogP contribution >= 0.6 is 0 Å². The molecular weight excluding hydrogens is 298 g/mol. The Bertz CT molecular complexity index is 555. The molecule has 0 aliphatic rings. The van der Waals surface area contributed by atoms with E-state index in [1.165, 1.54) is 7.11 Å². The molecule has 0 fully saturated rings. The van der Waals surface area contributed by atoms with E-state index in [0.29, 0.717) is 23.6 Å². The van der Waals surface area contributed by atoms with Crippen LogP contribution < -0.4 is 16.4 Å². The van der Waals surface area contributed by atoms with Gasteiger partial charge in [-0.05, 0) is 36.6 Å². The molecule has 1 atom stereocenters. The molecule has 2 amide bonds. The van der Waals surface area contributed by atoms with Crippen LogP contribution in [0.15, 0.2) is 24.3 Å². The molecular formula is C16H23N3O4. The van der Waals surface area contributed by atoms with Gasteiger partial charge in [0.05, 0.1) is 13.2 Å². The number of carbonyl (C=O) groups excluding carboxylic acids is 3. The molecule has 0 radical (unpaired) electrons. The Morgan fingerprint density at radius 3 is 2.30 bits per heavy atom. The molecule has 1 rings (SSSR count). The van der Waals surface area contributed by atoms with Gasteiger partial charge in [-0.1, -0.05) is 13.8 Å². The van der Waals surface area contributed by atoms with Crippen molar-refractivity contribution in [3.05, 3.63) is 29.8 Å². The fraction of sp³-hybridized carbons (Fsp3) is 0.438. The third-order valence-electron chi connectivity index (χ3n) is 3.10. The molecule has 0 bridgehead atoms. The van der Waals surface area contributed by atoms with Crippen LogP contribution in [0.1, 0.15) is 30.6 Å². The number of hydrogen-bond acceptors (Lipinski definition) is 5. The van der Waals surface area contributed by atoms with Crippen molar-refractivity contribution in [1.82, 2.24) is 5.32 Å². The molecule has 1 aromatic rings. The lowest BCUT2D eigenvalue weighted by atomic mass is 10.0. The first-order valence-electron chi connectivity index (χ1n) is 7.35. The third-order valence-corrected chi connectivity index (χ3v) is 3.10. The maximum Gasteiger partial charge on any atom is 0.325 e. The smallest absolute Gasteiger partial charge is 0.325 e. The minimum absolute atomic E-state index is 0.197. The average molecular weight is 321 g/mol. The van der Waals surface area contributed by atoms with Crippen LogP contribution in [0.3, 0.4) is 0 Å². The van der Waals surface area contributed by atoms with Crippen LogP contribution in [-0.4, -0.2) is 37.5 Å². The molecule has 7 heteroatoms. The van der Waals surface area contributed by atoms with Gasteiger partial charge in [-0.2, -0.15) is 0 Å². The first-order chi connectivity index (χ1) is 10.8. The predicted octanol–water partition coefficient (Wildman–Crippen LogP) is 0.901. The maximum absolute atomic E-state index is 11.9. The van der Waals surface area contributed by atoms with Gasteiger partial charge < -0.3 is 21.1 Å². The van der Waals surface area contributed by atoms with Crippen molar-refractivity contribution in [2.75, 3.05) is 19.0 Å². The van der Waals surface area contributed by atoms with Gasteiger partial charge in [-0.25, -0.2) is 0 Å². The number of anilines is 1. The molecule has 0 spiro atoms. The van der Waals surface area contributed by atoms with Gasteiger partial charge in [-0.3, -0.25) is 14.4 Å². The molecule has 0 aromatic heterocycles. The molecule has 1 aromatic carbocycles. The Hall–Kier alpha value is -2.41. The number of benzene rings is 1. The number of esters is 1. The molecule has 0 aliphatic carbocycles. The number of methoxy groups -OCH3 is 1. The van der Waals surface area contributed by atoms with Gasteiger partial charge in [0.2, 0.25) is 5.91 Å². The highest BCUT2D eigenvalue weighted by Crippen LogP contribution is 2.11. The van der Waals surface area contributed by atoms with Gasteiger partial charge in [0.25, 0.3) is 5.91 Å². The van der Waals surface area contributed by atoms with E-state index in [1.54, 1.807) is 24.3 Å². The highest BCUT2D eigenvalue weighted by molar-refractivity contribution is 5.97. The van der Waals surface area contributed by atoms with Crippen molar-refractivity contribution < 1.29 is 19.1 Å². The summed E-state index contributed by atoms with van der Waals surface area (Å²) in [4.78, 5) is 34.7. The molecule has 0 saturated heterocycles. The zero-order valence-corrected chi connectivity index (χ0v) is 13.6. The summed E-state index contributed by atoms with van der Waals surface area (Å²) < 4.78 is 4.44. The van der Waals surface area contributed by atoms with E-state index >= 15 is 0 Å². The quantitative estimate of drug-likeness (QED) is 0.646. The van der Waals surface area contributed by atoms with E-state index < -0.39 is 17.9 Å². The first-order valence-corrected chi connectivity index (χ1v) is 7.35. The van der Waals surface area contributed by atoms with E-state index in [1.807, 2.05) is 13.8 Å². The van der Waals surface area contributed by atoms with Crippen LogP contribution in [-0.2, 0) is 14.3 Å². The minimum atomic E-state index is -0.571. The summed E-state index contributed by atoms with van der Waals surface area (Å²) in [5.74, 6) is -0.857. The standard InChI is InChI=1S/C16H23N3O4/c1-10(2)8-13(17)16(22)19-12-6-4-11(5-7-12)15(21)18-9-14(20)23-3/h4-7,10,13H,8-9,17H2,1-3H3,(H,18,21)(H,19,22)/t13-/m0/s1. The second-order valence-electron chi connectivity index (χ2n) is 5.56. The maximum atomic E-state index is 11.9. The van der Waals surface area contributed by atoms with Crippen molar-refractivity contribution in [2.45, 2.75) is 26.3 Å². The zero-order chi connectivity index (χ0) is 17.4. The molecule has 0 aliphatic heterocycles. The highest BCUT2D eigenvalue weighted by Gasteiger charge is 2.15. The van der Waals surface area contributed by atoms with E-state index in [0.717, 1.165) is 0 Å². The van der Waals surface area contributed by atoms with Crippen molar-refractivity contribution in [3.63, 3.8) is 0 Å². The first kappa shape index (κ1) is 18.6. The number of carbonyl (C=O) groups is 3. The van der Waals surface area contributed by atoms with Gasteiger partial charge in [0.15, 0.2) is 0 Å². The molecule has 4 N–H and O–H groups in total. The highest BCUT2D eigenvalue weighted by atomic mass is 16.5. The largest absolute Gasteiger partial charge is 0.468 e. The Kier molecular flexibility index (Phi) is 7.21. The molecule has 23 heavy (non-hydrogen) atoms. The normalized spacial score (nSPS) is 11.7. The van der Waals surface area contributed by atoms with Crippen LogP contribution in [0.25, 0.3) is 0 Å². The average Bonchev–Trinajstić information content (AvgIpc) is 2.52. The van der Waals surface area contributed by atoms with E-state index in [9.17, 15) is 14.4 Å². The SMILES string of the molecule is COC(=O)CNC(=O)c1ccc(NC(=O)[C@@H](N)CC(C)C)cc1. The van der Waals surface area contributed by atoms with Crippen molar-refractivity contribution in [1.29, 1.82) is 0 Å². The molecule has 0 heterocycles. The number of nitrogens with one attached hydrogen (secondary N) is 2. The zero-order valence-electron chi connectivity index (χ0n) is 13.6. The van der Waals surface area contributed by atoms with E-state index in [2.05, 4.69) is 15.4 Å². The third kappa shape index (κ3) is 6.48. The molecule has 126 valence electrons. The summed E-state index contributed by atoms with van der Waals surface area (Å²) >= 11 is 0. The van der Waals surface area contributed by atoms with Crippen LogP contribution in [0.2, 0.25) is 0 Å². The lowest BCUT2D eigenvalue weighted by molar-refractivity contribution is -0.139. The lowest BCUT2D eigenvalue weighted by Gasteiger charge is -2.14. The second kappa shape index (κ2) is 8.89. The summed E-state index contributed by atoms with van der Waals surface area (Å²) in [6.07, 6.45) is 0.597. The number of ether oxygens (including phenoxy) is 1. The van der Waals surface area contributed by atoms with Crippen LogP contribution in [0.4, 0.5) is 5.69 Å². The number of rotatable bonds is 7. The van der Waals surface area contributed by atoms with Crippen molar-refractivity contribution >= 4 is 23.5 Å². The van der Waals surface area contributed by atoms with Crippen molar-refractivity contribution in [2.24, 2.45) is 11.7 Å². The minimum Gasteiger partial charge on any atom is -0.468 e. The number of amides is 2. The number of hydrogen-bond donors (Lipinski definition) is 3. The molecule has 7 nitrogen and oxygen atoms in total. The Labute approximate surface area is 135 Å². The monoisotopic (exact) mass is 321 g/mol. The van der Waals surface area contributed by atoms with E-state index in [-0.39, 0.29) is 12.5 Å². The Morgan fingerprint density at radius 2 is 1.78 bits per heavy atom. The summed E-state index contributed by atoms with van der Waals surface area (Å²) in [6, 6.07) is 5.74. The molecule has 0 unspecified atom stereocenters. The summed E-state index contributed by atoms with van der Waals surface area (Å²) in [6.45, 7) is 3.79. The van der Waals surface area contributed by atoms with Gasteiger partial charge in [0.1, 0.15) is 6.54 Å². The van der Waals surface area contributed by atoms with Gasteiger partial charge in [-0.15, -0.1) is 0 Å². The topological polar surface area (TPSA) is 111 Å². The predicted molar refractivity (Wildman–Crippen MR) is 86.9 cm³/mol. The van der Waals surface area contributed by atoms with Gasteiger partial charge in [0, 0.05) is 11.3 Å². The fourth-order valence-corrected chi connectivity index (χ4v) is 1.88. The van der Waals surface area contributed by atoms with Crippen molar-refractivity contribution in [3.8, 4) is 0 Å². The van der Waals surface area contributed by atoms with Crippen LogP contribution in [0.5, 0.6) is 0 Å². The Balaban J connectivity index is 2.57. The lowest BCUT2D eigenvalue weighted by Crippen LogP contribution is -2.36. The Morgan fingerprint density at radius 1 is 1.17 bits per heavy atom.